The predicted octanol–water partition coefficient (Wildman–Crippen LogP) is 1.63. The predicted molar refractivity (Wildman–Crippen MR) is 62.1 cm³/mol. The first-order valence-electron chi connectivity index (χ1n) is 5.90. The van der Waals surface area contributed by atoms with Gasteiger partial charge in [0.1, 0.15) is 0 Å². The summed E-state index contributed by atoms with van der Waals surface area (Å²) in [5, 5.41) is 11.9. The molecule has 1 aliphatic rings. The van der Waals surface area contributed by atoms with Gasteiger partial charge in [0.25, 0.3) is 0 Å². The first-order chi connectivity index (χ1) is 7.19. The third-order valence-corrected chi connectivity index (χ3v) is 3.31. The Labute approximate surface area is 92.1 Å². The lowest BCUT2D eigenvalue weighted by molar-refractivity contribution is 0.162. The average molecular weight is 213 g/mol. The quantitative estimate of drug-likeness (QED) is 0.323. The van der Waals surface area contributed by atoms with Gasteiger partial charge >= 0.3 is 0 Å². The fraction of sp³-hybridized carbons (Fsp3) is 0.909. The van der Waals surface area contributed by atoms with E-state index >= 15 is 0 Å². The van der Waals surface area contributed by atoms with Gasteiger partial charge < -0.3 is 10.9 Å². The third kappa shape index (κ3) is 3.38. The van der Waals surface area contributed by atoms with Crippen molar-refractivity contribution >= 4 is 5.84 Å². The summed E-state index contributed by atoms with van der Waals surface area (Å²) in [6, 6.07) is 0.151. The molecule has 0 bridgehead atoms. The number of oxime groups is 1. The zero-order chi connectivity index (χ0) is 11.3. The van der Waals surface area contributed by atoms with Gasteiger partial charge in [0.2, 0.25) is 0 Å². The summed E-state index contributed by atoms with van der Waals surface area (Å²) in [7, 11) is 0. The lowest BCUT2D eigenvalue weighted by atomic mass is 9.98. The molecule has 0 spiro atoms. The Morgan fingerprint density at radius 3 is 2.93 bits per heavy atom. The molecule has 0 aromatic rings. The molecule has 15 heavy (non-hydrogen) atoms. The average Bonchev–Trinajstić information content (AvgIpc) is 2.28. The van der Waals surface area contributed by atoms with Crippen LogP contribution in [0, 0.1) is 5.92 Å². The monoisotopic (exact) mass is 213 g/mol. The summed E-state index contributed by atoms with van der Waals surface area (Å²) in [5.74, 6) is 1.05. The van der Waals surface area contributed by atoms with Crippen molar-refractivity contribution in [1.29, 1.82) is 0 Å². The van der Waals surface area contributed by atoms with E-state index in [2.05, 4.69) is 23.9 Å². The van der Waals surface area contributed by atoms with Crippen LogP contribution in [0.15, 0.2) is 5.16 Å². The first-order valence-corrected chi connectivity index (χ1v) is 5.90. The van der Waals surface area contributed by atoms with Crippen LogP contribution in [0.3, 0.4) is 0 Å². The molecule has 1 saturated heterocycles. The minimum atomic E-state index is 0.151. The molecule has 0 amide bonds. The van der Waals surface area contributed by atoms with Crippen LogP contribution in [0.5, 0.6) is 0 Å². The third-order valence-electron chi connectivity index (χ3n) is 3.31. The van der Waals surface area contributed by atoms with E-state index in [1.54, 1.807) is 0 Å². The van der Waals surface area contributed by atoms with Crippen molar-refractivity contribution in [2.75, 3.05) is 13.1 Å². The molecule has 4 heteroatoms. The van der Waals surface area contributed by atoms with E-state index in [1.165, 1.54) is 19.3 Å². The lowest BCUT2D eigenvalue weighted by Crippen LogP contribution is -2.49. The van der Waals surface area contributed by atoms with E-state index < -0.39 is 0 Å². The molecule has 3 N–H and O–H groups in total. The Kier molecular flexibility index (Phi) is 4.88. The van der Waals surface area contributed by atoms with E-state index in [-0.39, 0.29) is 6.04 Å². The lowest BCUT2D eigenvalue weighted by Gasteiger charge is -2.36. The Bertz CT molecular complexity index is 218. The number of hydrogen-bond donors (Lipinski definition) is 2. The molecule has 0 saturated carbocycles. The molecule has 0 aromatic carbocycles. The molecule has 0 aromatic heterocycles. The zero-order valence-electron chi connectivity index (χ0n) is 9.82. The topological polar surface area (TPSA) is 61.8 Å². The number of nitrogens with two attached hydrogens (primary N) is 1. The summed E-state index contributed by atoms with van der Waals surface area (Å²) < 4.78 is 0. The second-order valence-corrected chi connectivity index (χ2v) is 4.54. The van der Waals surface area contributed by atoms with Crippen LogP contribution in [0.4, 0.5) is 0 Å². The van der Waals surface area contributed by atoms with Crippen molar-refractivity contribution in [1.82, 2.24) is 4.90 Å². The fourth-order valence-corrected chi connectivity index (χ4v) is 2.14. The summed E-state index contributed by atoms with van der Waals surface area (Å²) in [4.78, 5) is 2.35. The maximum atomic E-state index is 8.73. The molecule has 4 nitrogen and oxygen atoms in total. The summed E-state index contributed by atoms with van der Waals surface area (Å²) in [6.45, 7) is 6.58. The van der Waals surface area contributed by atoms with E-state index in [9.17, 15) is 0 Å². The molecule has 1 rings (SSSR count). The fourth-order valence-electron chi connectivity index (χ4n) is 2.14. The standard InChI is InChI=1S/C11H23N3O/c1-3-9(2)8-14-7-5-4-6-10(14)11(12)13-15/h9-10,15H,3-8H2,1-2H3,(H2,12,13). The Balaban J connectivity index is 2.57. The minimum Gasteiger partial charge on any atom is -0.409 e. The van der Waals surface area contributed by atoms with E-state index in [0.717, 1.165) is 19.5 Å². The molecule has 1 heterocycles. The molecule has 0 aliphatic carbocycles. The van der Waals surface area contributed by atoms with Crippen LogP contribution in [0.2, 0.25) is 0 Å². The molecular weight excluding hydrogens is 190 g/mol. The second-order valence-electron chi connectivity index (χ2n) is 4.54. The highest BCUT2D eigenvalue weighted by Crippen LogP contribution is 2.19. The minimum absolute atomic E-state index is 0.151. The number of piperidine rings is 1. The Morgan fingerprint density at radius 2 is 2.33 bits per heavy atom. The van der Waals surface area contributed by atoms with Crippen molar-refractivity contribution in [3.63, 3.8) is 0 Å². The normalized spacial score (nSPS) is 26.5. The van der Waals surface area contributed by atoms with E-state index in [0.29, 0.717) is 11.8 Å². The van der Waals surface area contributed by atoms with Crippen LogP contribution in [-0.2, 0) is 0 Å². The van der Waals surface area contributed by atoms with Gasteiger partial charge in [0.15, 0.2) is 5.84 Å². The number of nitrogens with zero attached hydrogens (tertiary/aromatic N) is 2. The number of likely N-dealkylation sites (tertiary alicyclic amines) is 1. The maximum absolute atomic E-state index is 8.73. The molecule has 2 unspecified atom stereocenters. The summed E-state index contributed by atoms with van der Waals surface area (Å²) in [5.41, 5.74) is 5.71. The first kappa shape index (κ1) is 12.3. The zero-order valence-corrected chi connectivity index (χ0v) is 9.82. The number of amidine groups is 1. The van der Waals surface area contributed by atoms with Gasteiger partial charge in [0, 0.05) is 6.54 Å². The van der Waals surface area contributed by atoms with Crippen molar-refractivity contribution in [3.05, 3.63) is 0 Å². The Morgan fingerprint density at radius 1 is 1.60 bits per heavy atom. The van der Waals surface area contributed by atoms with Gasteiger partial charge in [-0.2, -0.15) is 0 Å². The highest BCUT2D eigenvalue weighted by molar-refractivity contribution is 5.85. The van der Waals surface area contributed by atoms with Gasteiger partial charge in [-0.3, -0.25) is 4.90 Å². The van der Waals surface area contributed by atoms with Crippen LogP contribution in [0.25, 0.3) is 0 Å². The van der Waals surface area contributed by atoms with Gasteiger partial charge in [-0.1, -0.05) is 31.8 Å². The van der Waals surface area contributed by atoms with Gasteiger partial charge in [-0.15, -0.1) is 0 Å². The molecule has 88 valence electrons. The summed E-state index contributed by atoms with van der Waals surface area (Å²) in [6.07, 6.45) is 4.61. The van der Waals surface area contributed by atoms with Crippen LogP contribution in [0.1, 0.15) is 39.5 Å². The maximum Gasteiger partial charge on any atom is 0.156 e. The van der Waals surface area contributed by atoms with E-state index in [4.69, 9.17) is 10.9 Å². The van der Waals surface area contributed by atoms with Gasteiger partial charge in [-0.25, -0.2) is 0 Å². The van der Waals surface area contributed by atoms with Gasteiger partial charge in [0.05, 0.1) is 6.04 Å². The molecular formula is C11H23N3O. The smallest absolute Gasteiger partial charge is 0.156 e. The molecule has 1 aliphatic heterocycles. The molecule has 0 radical (unpaired) electrons. The highest BCUT2D eigenvalue weighted by atomic mass is 16.4. The second kappa shape index (κ2) is 5.95. The van der Waals surface area contributed by atoms with Crippen LogP contribution in [-0.4, -0.2) is 35.1 Å². The highest BCUT2D eigenvalue weighted by Gasteiger charge is 2.26. The molecule has 1 fully saturated rings. The van der Waals surface area contributed by atoms with Crippen LogP contribution >= 0.6 is 0 Å². The SMILES string of the molecule is CCC(C)CN1CCCCC1C(N)=NO. The van der Waals surface area contributed by atoms with Crippen molar-refractivity contribution in [2.24, 2.45) is 16.8 Å². The van der Waals surface area contributed by atoms with Crippen molar-refractivity contribution in [3.8, 4) is 0 Å². The summed E-state index contributed by atoms with van der Waals surface area (Å²) >= 11 is 0. The number of hydrogen-bond acceptors (Lipinski definition) is 3. The van der Waals surface area contributed by atoms with Crippen LogP contribution < -0.4 is 5.73 Å². The van der Waals surface area contributed by atoms with Crippen molar-refractivity contribution in [2.45, 2.75) is 45.6 Å². The van der Waals surface area contributed by atoms with E-state index in [1.807, 2.05) is 0 Å². The van der Waals surface area contributed by atoms with Crippen molar-refractivity contribution < 1.29 is 5.21 Å². The largest absolute Gasteiger partial charge is 0.409 e. The van der Waals surface area contributed by atoms with Gasteiger partial charge in [-0.05, 0) is 25.3 Å². The number of rotatable bonds is 4. The molecule has 2 atom stereocenters. The Hall–Kier alpha value is -0.770.